The lowest BCUT2D eigenvalue weighted by Gasteiger charge is -2.33. The van der Waals surface area contributed by atoms with Crippen molar-refractivity contribution in [2.75, 3.05) is 0 Å². The Hall–Kier alpha value is -0.0400. The maximum absolute atomic E-state index is 10.6. The van der Waals surface area contributed by atoms with Crippen LogP contribution in [0.3, 0.4) is 0 Å². The van der Waals surface area contributed by atoms with Crippen LogP contribution >= 0.6 is 0 Å². The molecular formula is C15H32O. The van der Waals surface area contributed by atoms with E-state index in [4.69, 9.17) is 0 Å². The lowest BCUT2D eigenvalue weighted by atomic mass is 9.77. The van der Waals surface area contributed by atoms with Crippen LogP contribution in [-0.2, 0) is 0 Å². The molecule has 0 radical (unpaired) electrons. The summed E-state index contributed by atoms with van der Waals surface area (Å²) in [6.45, 7) is 13.4. The van der Waals surface area contributed by atoms with Crippen molar-refractivity contribution < 1.29 is 5.11 Å². The molecule has 1 unspecified atom stereocenters. The normalized spacial score (nSPS) is 15.2. The molecule has 0 aromatic rings. The van der Waals surface area contributed by atoms with Gasteiger partial charge in [-0.15, -0.1) is 0 Å². The van der Waals surface area contributed by atoms with E-state index in [9.17, 15) is 5.11 Å². The molecule has 0 aromatic heterocycles. The Bertz CT molecular complexity index is 172. The fourth-order valence-corrected chi connectivity index (χ4v) is 3.03. The van der Waals surface area contributed by atoms with Gasteiger partial charge < -0.3 is 5.11 Å². The molecule has 0 aliphatic carbocycles. The van der Waals surface area contributed by atoms with Gasteiger partial charge in [0.25, 0.3) is 0 Å². The minimum atomic E-state index is -0.409. The van der Waals surface area contributed by atoms with Crippen LogP contribution in [0.2, 0.25) is 0 Å². The molecule has 0 amide bonds. The van der Waals surface area contributed by atoms with Crippen molar-refractivity contribution in [1.29, 1.82) is 0 Å². The molecule has 98 valence electrons. The van der Waals surface area contributed by atoms with E-state index in [1.807, 2.05) is 0 Å². The van der Waals surface area contributed by atoms with E-state index in [0.29, 0.717) is 11.3 Å². The molecule has 0 spiro atoms. The van der Waals surface area contributed by atoms with Gasteiger partial charge in [-0.25, -0.2) is 0 Å². The molecule has 0 saturated carbocycles. The molecule has 0 aliphatic heterocycles. The Kier molecular flexibility index (Phi) is 6.62. The van der Waals surface area contributed by atoms with Crippen LogP contribution in [0.15, 0.2) is 0 Å². The van der Waals surface area contributed by atoms with Gasteiger partial charge in [-0.2, -0.15) is 0 Å². The van der Waals surface area contributed by atoms with E-state index < -0.39 is 5.60 Å². The lowest BCUT2D eigenvalue weighted by Crippen LogP contribution is -2.31. The molecule has 1 heteroatoms. The minimum Gasteiger partial charge on any atom is -0.390 e. The Balaban J connectivity index is 4.28. The highest BCUT2D eigenvalue weighted by Crippen LogP contribution is 2.33. The quantitative estimate of drug-likeness (QED) is 0.665. The second-order valence-corrected chi connectivity index (χ2v) is 6.80. The second kappa shape index (κ2) is 6.64. The van der Waals surface area contributed by atoms with Gasteiger partial charge in [-0.3, -0.25) is 0 Å². The van der Waals surface area contributed by atoms with Crippen LogP contribution in [0, 0.1) is 11.3 Å². The molecule has 0 bridgehead atoms. The van der Waals surface area contributed by atoms with E-state index >= 15 is 0 Å². The summed E-state index contributed by atoms with van der Waals surface area (Å²) >= 11 is 0. The van der Waals surface area contributed by atoms with Crippen molar-refractivity contribution >= 4 is 0 Å². The summed E-state index contributed by atoms with van der Waals surface area (Å²) in [5, 5.41) is 10.6. The van der Waals surface area contributed by atoms with Crippen LogP contribution in [-0.4, -0.2) is 10.7 Å². The van der Waals surface area contributed by atoms with Gasteiger partial charge in [0, 0.05) is 0 Å². The van der Waals surface area contributed by atoms with E-state index in [2.05, 4.69) is 41.5 Å². The van der Waals surface area contributed by atoms with E-state index in [1.165, 1.54) is 6.42 Å². The summed E-state index contributed by atoms with van der Waals surface area (Å²) in [4.78, 5) is 0. The number of rotatable bonds is 7. The van der Waals surface area contributed by atoms with Crippen molar-refractivity contribution in [3.8, 4) is 0 Å². The van der Waals surface area contributed by atoms with Crippen molar-refractivity contribution in [3.63, 3.8) is 0 Å². The van der Waals surface area contributed by atoms with Gasteiger partial charge in [0.15, 0.2) is 0 Å². The Labute approximate surface area is 103 Å². The first-order chi connectivity index (χ1) is 7.22. The summed E-state index contributed by atoms with van der Waals surface area (Å²) in [5.41, 5.74) is -0.0348. The summed E-state index contributed by atoms with van der Waals surface area (Å²) in [7, 11) is 0. The largest absolute Gasteiger partial charge is 0.390 e. The Morgan fingerprint density at radius 1 is 0.938 bits per heavy atom. The van der Waals surface area contributed by atoms with Crippen molar-refractivity contribution in [1.82, 2.24) is 0 Å². The highest BCUT2D eigenvalue weighted by atomic mass is 16.3. The predicted molar refractivity (Wildman–Crippen MR) is 72.6 cm³/mol. The number of hydrogen-bond acceptors (Lipinski definition) is 1. The molecule has 1 N–H and O–H groups in total. The van der Waals surface area contributed by atoms with Crippen LogP contribution in [0.1, 0.15) is 80.1 Å². The van der Waals surface area contributed by atoms with Gasteiger partial charge >= 0.3 is 0 Å². The van der Waals surface area contributed by atoms with E-state index in [1.54, 1.807) is 0 Å². The zero-order chi connectivity index (χ0) is 12.8. The number of hydrogen-bond donors (Lipinski definition) is 1. The molecule has 0 rings (SSSR count). The van der Waals surface area contributed by atoms with Gasteiger partial charge in [-0.1, -0.05) is 54.4 Å². The Morgan fingerprint density at radius 2 is 1.38 bits per heavy atom. The fourth-order valence-electron chi connectivity index (χ4n) is 3.03. The van der Waals surface area contributed by atoms with E-state index in [0.717, 1.165) is 32.1 Å². The van der Waals surface area contributed by atoms with Gasteiger partial charge in [0.2, 0.25) is 0 Å². The van der Waals surface area contributed by atoms with Crippen molar-refractivity contribution in [2.24, 2.45) is 11.3 Å². The fraction of sp³-hybridized carbons (Fsp3) is 1.00. The smallest absolute Gasteiger partial charge is 0.0650 e. The summed E-state index contributed by atoms with van der Waals surface area (Å²) in [6, 6.07) is 0. The molecule has 0 aliphatic rings. The first-order valence-corrected chi connectivity index (χ1v) is 6.95. The Morgan fingerprint density at radius 3 is 1.69 bits per heavy atom. The molecule has 1 atom stereocenters. The topological polar surface area (TPSA) is 20.2 Å². The van der Waals surface area contributed by atoms with Gasteiger partial charge in [0.1, 0.15) is 0 Å². The zero-order valence-corrected chi connectivity index (χ0v) is 12.3. The van der Waals surface area contributed by atoms with Crippen molar-refractivity contribution in [2.45, 2.75) is 85.7 Å². The molecular weight excluding hydrogens is 196 g/mol. The number of aliphatic hydroxyl groups is 1. The maximum atomic E-state index is 10.6. The van der Waals surface area contributed by atoms with Gasteiger partial charge in [-0.05, 0) is 37.0 Å². The standard InChI is InChI=1S/C15H32O/c1-7-9-15(16,10-8-2)12-13(3)11-14(4,5)6/h13,16H,7-12H2,1-6H3. The summed E-state index contributed by atoms with van der Waals surface area (Å²) in [6.07, 6.45) is 6.23. The monoisotopic (exact) mass is 228 g/mol. The van der Waals surface area contributed by atoms with Crippen LogP contribution in [0.5, 0.6) is 0 Å². The SMILES string of the molecule is CCCC(O)(CCC)CC(C)CC(C)(C)C. The zero-order valence-electron chi connectivity index (χ0n) is 12.3. The average molecular weight is 228 g/mol. The van der Waals surface area contributed by atoms with Gasteiger partial charge in [0.05, 0.1) is 5.60 Å². The molecule has 0 aromatic carbocycles. The van der Waals surface area contributed by atoms with Crippen molar-refractivity contribution in [3.05, 3.63) is 0 Å². The van der Waals surface area contributed by atoms with Crippen LogP contribution < -0.4 is 0 Å². The molecule has 0 saturated heterocycles. The van der Waals surface area contributed by atoms with Crippen LogP contribution in [0.25, 0.3) is 0 Å². The summed E-state index contributed by atoms with van der Waals surface area (Å²) < 4.78 is 0. The third-order valence-electron chi connectivity index (χ3n) is 3.12. The average Bonchev–Trinajstić information content (AvgIpc) is 1.99. The minimum absolute atomic E-state index is 0.374. The first-order valence-electron chi connectivity index (χ1n) is 6.95. The maximum Gasteiger partial charge on any atom is 0.0650 e. The second-order valence-electron chi connectivity index (χ2n) is 6.80. The third kappa shape index (κ3) is 7.27. The third-order valence-corrected chi connectivity index (χ3v) is 3.12. The predicted octanol–water partition coefficient (Wildman–Crippen LogP) is 4.78. The highest BCUT2D eigenvalue weighted by Gasteiger charge is 2.28. The lowest BCUT2D eigenvalue weighted by molar-refractivity contribution is -0.00448. The molecule has 1 nitrogen and oxygen atoms in total. The molecule has 16 heavy (non-hydrogen) atoms. The molecule has 0 fully saturated rings. The first kappa shape index (κ1) is 16.0. The van der Waals surface area contributed by atoms with Crippen LogP contribution in [0.4, 0.5) is 0 Å². The molecule has 0 heterocycles. The van der Waals surface area contributed by atoms with E-state index in [-0.39, 0.29) is 0 Å². The summed E-state index contributed by atoms with van der Waals surface area (Å²) in [5.74, 6) is 0.614. The highest BCUT2D eigenvalue weighted by molar-refractivity contribution is 4.81.